The molecule has 3 aromatic rings. The van der Waals surface area contributed by atoms with Crippen LogP contribution >= 0.6 is 0 Å². The second kappa shape index (κ2) is 7.80. The molecule has 0 atom stereocenters. The monoisotopic (exact) mass is 385 g/mol. The molecule has 0 bridgehead atoms. The lowest BCUT2D eigenvalue weighted by Gasteiger charge is -2.16. The molecule has 29 heavy (non-hydrogen) atoms. The fraction of sp³-hybridized carbons (Fsp3) is 0.167. The van der Waals surface area contributed by atoms with E-state index in [9.17, 15) is 9.59 Å². The van der Waals surface area contributed by atoms with Crippen molar-refractivity contribution in [3.63, 3.8) is 0 Å². The molecule has 1 aliphatic rings. The van der Waals surface area contributed by atoms with Crippen molar-refractivity contribution < 1.29 is 9.59 Å². The van der Waals surface area contributed by atoms with Gasteiger partial charge in [0.2, 0.25) is 0 Å². The van der Waals surface area contributed by atoms with Crippen LogP contribution in [0.4, 0.5) is 22.7 Å². The highest BCUT2D eigenvalue weighted by atomic mass is 16.2. The Balaban J connectivity index is 1.71. The summed E-state index contributed by atoms with van der Waals surface area (Å²) in [6, 6.07) is 19.8. The lowest BCUT2D eigenvalue weighted by atomic mass is 10.1. The number of imide groups is 1. The normalized spacial score (nSPS) is 12.5. The Hall–Kier alpha value is -3.60. The first-order valence-corrected chi connectivity index (χ1v) is 9.83. The number of amides is 2. The third-order valence-electron chi connectivity index (χ3n) is 5.16. The summed E-state index contributed by atoms with van der Waals surface area (Å²) in [5.74, 6) is -0.735. The van der Waals surface area contributed by atoms with E-state index in [-0.39, 0.29) is 11.8 Å². The number of rotatable bonds is 6. The maximum Gasteiger partial charge on any atom is 0.259 e. The van der Waals surface area contributed by atoms with E-state index < -0.39 is 0 Å². The van der Waals surface area contributed by atoms with E-state index in [4.69, 9.17) is 0 Å². The highest BCUT2D eigenvalue weighted by Crippen LogP contribution is 2.33. The minimum atomic E-state index is -0.367. The maximum absolute atomic E-state index is 12.1. The van der Waals surface area contributed by atoms with E-state index in [1.54, 1.807) is 12.1 Å². The average molecular weight is 385 g/mol. The van der Waals surface area contributed by atoms with Gasteiger partial charge in [0, 0.05) is 11.4 Å². The Morgan fingerprint density at radius 1 is 0.655 bits per heavy atom. The summed E-state index contributed by atoms with van der Waals surface area (Å²) in [4.78, 5) is 24.2. The number of fused-ring (bicyclic) bond motifs is 1. The van der Waals surface area contributed by atoms with Crippen molar-refractivity contribution in [3.05, 3.63) is 82.9 Å². The highest BCUT2D eigenvalue weighted by Gasteiger charge is 2.28. The molecule has 0 spiro atoms. The molecular weight excluding hydrogens is 362 g/mol. The van der Waals surface area contributed by atoms with Gasteiger partial charge >= 0.3 is 0 Å². The molecule has 146 valence electrons. The topological polar surface area (TPSA) is 70.2 Å². The van der Waals surface area contributed by atoms with Crippen LogP contribution < -0.4 is 16.0 Å². The molecule has 5 nitrogen and oxygen atoms in total. The van der Waals surface area contributed by atoms with Crippen molar-refractivity contribution in [1.82, 2.24) is 5.32 Å². The Kier molecular flexibility index (Phi) is 5.04. The smallest absolute Gasteiger partial charge is 0.259 e. The van der Waals surface area contributed by atoms with Crippen LogP contribution in [0.3, 0.4) is 0 Å². The zero-order valence-corrected chi connectivity index (χ0v) is 16.5. The Labute approximate surface area is 170 Å². The van der Waals surface area contributed by atoms with Gasteiger partial charge < -0.3 is 10.6 Å². The van der Waals surface area contributed by atoms with Crippen molar-refractivity contribution in [2.75, 3.05) is 10.6 Å². The minimum absolute atomic E-state index is 0.367. The Bertz CT molecular complexity index is 984. The lowest BCUT2D eigenvalue weighted by Crippen LogP contribution is -2.19. The standard InChI is InChI=1S/C24H23N3O2/c1-3-15-5-9-17(10-6-15)25-21-13-19-20(24(29)27-23(19)28)14-22(21)26-18-11-7-16(4-2)8-12-18/h5-14,25-26H,3-4H2,1-2H3,(H,27,28,29). The lowest BCUT2D eigenvalue weighted by molar-refractivity contribution is 0.0879. The molecule has 0 aliphatic carbocycles. The number of nitrogens with one attached hydrogen (secondary N) is 3. The van der Waals surface area contributed by atoms with E-state index in [0.29, 0.717) is 11.1 Å². The molecule has 4 rings (SSSR count). The molecule has 3 aromatic carbocycles. The van der Waals surface area contributed by atoms with Gasteiger partial charge in [-0.2, -0.15) is 0 Å². The van der Waals surface area contributed by atoms with Gasteiger partial charge in [-0.1, -0.05) is 38.1 Å². The van der Waals surface area contributed by atoms with E-state index in [1.165, 1.54) is 11.1 Å². The first-order valence-electron chi connectivity index (χ1n) is 9.83. The number of anilines is 4. The fourth-order valence-electron chi connectivity index (χ4n) is 3.38. The Morgan fingerprint density at radius 2 is 1.03 bits per heavy atom. The zero-order valence-electron chi connectivity index (χ0n) is 16.5. The first kappa shape index (κ1) is 18.7. The number of benzene rings is 3. The van der Waals surface area contributed by atoms with Gasteiger partial charge in [-0.05, 0) is 60.4 Å². The minimum Gasteiger partial charge on any atom is -0.354 e. The fourth-order valence-corrected chi connectivity index (χ4v) is 3.38. The van der Waals surface area contributed by atoms with Crippen molar-refractivity contribution in [3.8, 4) is 0 Å². The first-order chi connectivity index (χ1) is 14.1. The molecule has 1 heterocycles. The van der Waals surface area contributed by atoms with Gasteiger partial charge in [0.25, 0.3) is 11.8 Å². The van der Waals surface area contributed by atoms with Crippen LogP contribution in [0.1, 0.15) is 45.7 Å². The quantitative estimate of drug-likeness (QED) is 0.511. The van der Waals surface area contributed by atoms with Crippen molar-refractivity contribution in [2.45, 2.75) is 26.7 Å². The summed E-state index contributed by atoms with van der Waals surface area (Å²) in [5.41, 5.74) is 6.57. The van der Waals surface area contributed by atoms with Gasteiger partial charge in [0.1, 0.15) is 0 Å². The highest BCUT2D eigenvalue weighted by molar-refractivity contribution is 6.22. The number of carbonyl (C=O) groups is 2. The van der Waals surface area contributed by atoms with Crippen LogP contribution in [-0.2, 0) is 12.8 Å². The second-order valence-corrected chi connectivity index (χ2v) is 7.08. The summed E-state index contributed by atoms with van der Waals surface area (Å²) in [5, 5.41) is 9.12. The van der Waals surface area contributed by atoms with Crippen LogP contribution in [0.2, 0.25) is 0 Å². The predicted octanol–water partition coefficient (Wildman–Crippen LogP) is 5.18. The molecule has 3 N–H and O–H groups in total. The average Bonchev–Trinajstić information content (AvgIpc) is 3.02. The summed E-state index contributed by atoms with van der Waals surface area (Å²) in [6.45, 7) is 4.23. The van der Waals surface area contributed by atoms with Crippen LogP contribution in [-0.4, -0.2) is 11.8 Å². The zero-order chi connectivity index (χ0) is 20.4. The van der Waals surface area contributed by atoms with Crippen LogP contribution in [0.5, 0.6) is 0 Å². The van der Waals surface area contributed by atoms with Crippen molar-refractivity contribution in [2.24, 2.45) is 0 Å². The summed E-state index contributed by atoms with van der Waals surface area (Å²) < 4.78 is 0. The molecule has 0 unspecified atom stereocenters. The van der Waals surface area contributed by atoms with E-state index in [1.807, 2.05) is 24.3 Å². The van der Waals surface area contributed by atoms with Gasteiger partial charge in [-0.3, -0.25) is 14.9 Å². The summed E-state index contributed by atoms with van der Waals surface area (Å²) in [7, 11) is 0. The molecule has 5 heteroatoms. The van der Waals surface area contributed by atoms with Crippen molar-refractivity contribution in [1.29, 1.82) is 0 Å². The van der Waals surface area contributed by atoms with Gasteiger partial charge in [0.15, 0.2) is 0 Å². The molecule has 0 saturated carbocycles. The molecule has 0 fully saturated rings. The molecular formula is C24H23N3O2. The molecule has 1 aliphatic heterocycles. The third-order valence-corrected chi connectivity index (χ3v) is 5.16. The van der Waals surface area contributed by atoms with Gasteiger partial charge in [-0.25, -0.2) is 0 Å². The van der Waals surface area contributed by atoms with Gasteiger partial charge in [-0.15, -0.1) is 0 Å². The summed E-state index contributed by atoms with van der Waals surface area (Å²) in [6.07, 6.45) is 1.95. The molecule has 2 amide bonds. The molecule has 0 radical (unpaired) electrons. The maximum atomic E-state index is 12.1. The van der Waals surface area contributed by atoms with Crippen LogP contribution in [0.25, 0.3) is 0 Å². The largest absolute Gasteiger partial charge is 0.354 e. The molecule has 0 aromatic heterocycles. The predicted molar refractivity (Wildman–Crippen MR) is 116 cm³/mol. The number of carbonyl (C=O) groups excluding carboxylic acids is 2. The number of aryl methyl sites for hydroxylation is 2. The number of hydrogen-bond acceptors (Lipinski definition) is 4. The SMILES string of the molecule is CCc1ccc(Nc2cc3c(cc2Nc2ccc(CC)cc2)C(=O)NC3=O)cc1. The Morgan fingerprint density at radius 3 is 1.38 bits per heavy atom. The summed E-state index contributed by atoms with van der Waals surface area (Å²) >= 11 is 0. The second-order valence-electron chi connectivity index (χ2n) is 7.08. The van der Waals surface area contributed by atoms with Gasteiger partial charge in [0.05, 0.1) is 22.5 Å². The molecule has 0 saturated heterocycles. The third kappa shape index (κ3) is 3.85. The van der Waals surface area contributed by atoms with E-state index in [0.717, 1.165) is 35.6 Å². The van der Waals surface area contributed by atoms with E-state index >= 15 is 0 Å². The van der Waals surface area contributed by atoms with Crippen molar-refractivity contribution >= 4 is 34.6 Å². The van der Waals surface area contributed by atoms with Crippen LogP contribution in [0.15, 0.2) is 60.7 Å². The van der Waals surface area contributed by atoms with Crippen LogP contribution in [0, 0.1) is 0 Å². The number of hydrogen-bond donors (Lipinski definition) is 3. The van der Waals surface area contributed by atoms with E-state index in [2.05, 4.69) is 54.1 Å².